The maximum absolute atomic E-state index is 14.1. The molecule has 0 fully saturated rings. The van der Waals surface area contributed by atoms with Crippen molar-refractivity contribution in [2.45, 2.75) is 6.54 Å². The van der Waals surface area contributed by atoms with E-state index >= 15 is 0 Å². The van der Waals surface area contributed by atoms with Crippen LogP contribution in [0.4, 0.5) is 4.39 Å². The molecule has 1 N–H and O–H groups in total. The number of hydrogen-bond acceptors (Lipinski definition) is 4. The van der Waals surface area contributed by atoms with Crippen molar-refractivity contribution < 1.29 is 18.7 Å². The van der Waals surface area contributed by atoms with Gasteiger partial charge in [0.15, 0.2) is 0 Å². The molecule has 162 valence electrons. The Morgan fingerprint density at radius 3 is 2.44 bits per heavy atom. The average molecular weight is 431 g/mol. The summed E-state index contributed by atoms with van der Waals surface area (Å²) in [6.45, 7) is 0.386. The van der Waals surface area contributed by atoms with Crippen LogP contribution >= 0.6 is 0 Å². The quantitative estimate of drug-likeness (QED) is 0.343. The van der Waals surface area contributed by atoms with Crippen LogP contribution in [0, 0.1) is 5.82 Å². The standard InChI is InChI=1S/C25H22FN3O3/c1-31-20-11-18(12-21(13-20)32-2)25(30)28-27-14-19-16-29(24-10-6-4-8-22(19)24)15-17-7-3-5-9-23(17)26/h3-14,16H,15H2,1-2H3,(H,28,30). The average Bonchev–Trinajstić information content (AvgIpc) is 3.17. The molecular formula is C25H22FN3O3. The van der Waals surface area contributed by atoms with E-state index in [-0.39, 0.29) is 5.82 Å². The minimum Gasteiger partial charge on any atom is -0.497 e. The van der Waals surface area contributed by atoms with Gasteiger partial charge in [0.05, 0.1) is 27.0 Å². The van der Waals surface area contributed by atoms with E-state index in [1.807, 2.05) is 41.1 Å². The summed E-state index contributed by atoms with van der Waals surface area (Å²) in [7, 11) is 3.04. The van der Waals surface area contributed by atoms with E-state index in [9.17, 15) is 9.18 Å². The number of rotatable bonds is 7. The molecule has 0 bridgehead atoms. The molecule has 0 saturated heterocycles. The highest BCUT2D eigenvalue weighted by Gasteiger charge is 2.11. The van der Waals surface area contributed by atoms with Crippen LogP contribution in [0.1, 0.15) is 21.5 Å². The van der Waals surface area contributed by atoms with Crippen LogP contribution in [0.5, 0.6) is 11.5 Å². The fraction of sp³-hybridized carbons (Fsp3) is 0.120. The van der Waals surface area contributed by atoms with Crippen molar-refractivity contribution in [3.8, 4) is 11.5 Å². The summed E-state index contributed by atoms with van der Waals surface area (Å²) >= 11 is 0. The van der Waals surface area contributed by atoms with E-state index in [0.29, 0.717) is 29.2 Å². The zero-order valence-electron chi connectivity index (χ0n) is 17.7. The Bertz CT molecular complexity index is 1270. The number of fused-ring (bicyclic) bond motifs is 1. The predicted molar refractivity (Wildman–Crippen MR) is 122 cm³/mol. The number of aromatic nitrogens is 1. The van der Waals surface area contributed by atoms with Crippen LogP contribution in [0.15, 0.2) is 78.0 Å². The van der Waals surface area contributed by atoms with E-state index < -0.39 is 5.91 Å². The Kier molecular flexibility index (Phi) is 6.17. The number of ether oxygens (including phenoxy) is 2. The van der Waals surface area contributed by atoms with Crippen molar-refractivity contribution in [1.82, 2.24) is 9.99 Å². The number of hydrogen-bond donors (Lipinski definition) is 1. The van der Waals surface area contributed by atoms with E-state index in [4.69, 9.17) is 9.47 Å². The number of para-hydroxylation sites is 1. The molecule has 0 aliphatic heterocycles. The van der Waals surface area contributed by atoms with Gasteiger partial charge in [-0.05, 0) is 24.3 Å². The second kappa shape index (κ2) is 9.34. The summed E-state index contributed by atoms with van der Waals surface area (Å²) < 4.78 is 26.5. The van der Waals surface area contributed by atoms with Crippen LogP contribution in [-0.4, -0.2) is 30.9 Å². The van der Waals surface area contributed by atoms with Crippen molar-refractivity contribution in [2.24, 2.45) is 5.10 Å². The third-order valence-corrected chi connectivity index (χ3v) is 5.10. The minimum atomic E-state index is -0.395. The Morgan fingerprint density at radius 2 is 1.72 bits per heavy atom. The first-order chi connectivity index (χ1) is 15.6. The normalized spacial score (nSPS) is 11.1. The Morgan fingerprint density at radius 1 is 1.03 bits per heavy atom. The fourth-order valence-corrected chi connectivity index (χ4v) is 3.48. The highest BCUT2D eigenvalue weighted by Crippen LogP contribution is 2.23. The Balaban J connectivity index is 1.57. The molecule has 32 heavy (non-hydrogen) atoms. The summed E-state index contributed by atoms with van der Waals surface area (Å²) in [6, 6.07) is 19.4. The monoisotopic (exact) mass is 431 g/mol. The van der Waals surface area contributed by atoms with Gasteiger partial charge >= 0.3 is 0 Å². The SMILES string of the molecule is COc1cc(OC)cc(C(=O)NN=Cc2cn(Cc3ccccc3F)c3ccccc23)c1. The first kappa shape index (κ1) is 21.1. The van der Waals surface area contributed by atoms with Crippen molar-refractivity contribution in [2.75, 3.05) is 14.2 Å². The van der Waals surface area contributed by atoms with Gasteiger partial charge in [0, 0.05) is 39.9 Å². The molecule has 0 unspecified atom stereocenters. The maximum atomic E-state index is 14.1. The van der Waals surface area contributed by atoms with E-state index in [0.717, 1.165) is 16.5 Å². The summed E-state index contributed by atoms with van der Waals surface area (Å²) in [4.78, 5) is 12.5. The van der Waals surface area contributed by atoms with Gasteiger partial charge in [-0.1, -0.05) is 36.4 Å². The van der Waals surface area contributed by atoms with Crippen molar-refractivity contribution in [3.05, 3.63) is 95.4 Å². The van der Waals surface area contributed by atoms with Gasteiger partial charge in [-0.25, -0.2) is 9.82 Å². The molecule has 0 aliphatic rings. The highest BCUT2D eigenvalue weighted by molar-refractivity contribution is 6.00. The molecule has 7 heteroatoms. The van der Waals surface area contributed by atoms with Gasteiger partial charge in [-0.2, -0.15) is 5.10 Å². The molecule has 4 aromatic rings. The third kappa shape index (κ3) is 4.46. The summed E-state index contributed by atoms with van der Waals surface area (Å²) in [5, 5.41) is 5.07. The lowest BCUT2D eigenvalue weighted by Gasteiger charge is -2.07. The summed E-state index contributed by atoms with van der Waals surface area (Å²) in [6.07, 6.45) is 3.47. The second-order valence-corrected chi connectivity index (χ2v) is 7.12. The largest absolute Gasteiger partial charge is 0.497 e. The zero-order valence-corrected chi connectivity index (χ0v) is 17.7. The lowest BCUT2D eigenvalue weighted by molar-refractivity contribution is 0.0954. The molecule has 0 spiro atoms. The molecule has 4 rings (SSSR count). The van der Waals surface area contributed by atoms with E-state index in [1.165, 1.54) is 20.3 Å². The molecule has 3 aromatic carbocycles. The lowest BCUT2D eigenvalue weighted by Crippen LogP contribution is -2.17. The maximum Gasteiger partial charge on any atom is 0.271 e. The van der Waals surface area contributed by atoms with Gasteiger partial charge in [0.25, 0.3) is 5.91 Å². The number of nitrogens with one attached hydrogen (secondary N) is 1. The Labute approximate surface area is 184 Å². The number of amides is 1. The zero-order chi connectivity index (χ0) is 22.5. The first-order valence-corrected chi connectivity index (χ1v) is 9.97. The molecule has 0 atom stereocenters. The van der Waals surface area contributed by atoms with Crippen molar-refractivity contribution in [3.63, 3.8) is 0 Å². The topological polar surface area (TPSA) is 64.8 Å². The van der Waals surface area contributed by atoms with Crippen LogP contribution in [0.25, 0.3) is 10.9 Å². The van der Waals surface area contributed by atoms with Crippen LogP contribution in [0.3, 0.4) is 0 Å². The van der Waals surface area contributed by atoms with Gasteiger partial charge < -0.3 is 14.0 Å². The van der Waals surface area contributed by atoms with Gasteiger partial charge in [-0.15, -0.1) is 0 Å². The number of hydrazone groups is 1. The van der Waals surface area contributed by atoms with Gasteiger partial charge in [-0.3, -0.25) is 4.79 Å². The predicted octanol–water partition coefficient (Wildman–Crippen LogP) is 4.61. The number of benzene rings is 3. The number of methoxy groups -OCH3 is 2. The number of nitrogens with zero attached hydrogens (tertiary/aromatic N) is 2. The minimum absolute atomic E-state index is 0.249. The number of halogens is 1. The first-order valence-electron chi connectivity index (χ1n) is 9.97. The van der Waals surface area contributed by atoms with E-state index in [2.05, 4.69) is 10.5 Å². The molecule has 1 amide bonds. The van der Waals surface area contributed by atoms with Crippen LogP contribution < -0.4 is 14.9 Å². The molecule has 0 saturated carbocycles. The lowest BCUT2D eigenvalue weighted by atomic mass is 10.2. The highest BCUT2D eigenvalue weighted by atomic mass is 19.1. The third-order valence-electron chi connectivity index (χ3n) is 5.10. The van der Waals surface area contributed by atoms with E-state index in [1.54, 1.807) is 36.5 Å². The van der Waals surface area contributed by atoms with Crippen molar-refractivity contribution >= 4 is 23.0 Å². The molecule has 1 heterocycles. The molecule has 0 aliphatic carbocycles. The second-order valence-electron chi connectivity index (χ2n) is 7.12. The van der Waals surface area contributed by atoms with Gasteiger partial charge in [0.2, 0.25) is 0 Å². The molecule has 0 radical (unpaired) electrons. The number of carbonyl (C=O) groups excluding carboxylic acids is 1. The molecule has 6 nitrogen and oxygen atoms in total. The van der Waals surface area contributed by atoms with Crippen molar-refractivity contribution in [1.29, 1.82) is 0 Å². The fourth-order valence-electron chi connectivity index (χ4n) is 3.48. The summed E-state index contributed by atoms with van der Waals surface area (Å²) in [5.74, 6) is 0.374. The summed E-state index contributed by atoms with van der Waals surface area (Å²) in [5.41, 5.74) is 5.24. The Hall–Kier alpha value is -4.13. The molecule has 1 aromatic heterocycles. The smallest absolute Gasteiger partial charge is 0.271 e. The van der Waals surface area contributed by atoms with Gasteiger partial charge in [0.1, 0.15) is 17.3 Å². The van der Waals surface area contributed by atoms with Crippen LogP contribution in [-0.2, 0) is 6.54 Å². The number of carbonyl (C=O) groups is 1. The van der Waals surface area contributed by atoms with Crippen LogP contribution in [0.2, 0.25) is 0 Å². The molecular weight excluding hydrogens is 409 g/mol.